The molecule has 0 unspecified atom stereocenters. The van der Waals surface area contributed by atoms with Gasteiger partial charge in [-0.05, 0) is 32.0 Å². The lowest BCUT2D eigenvalue weighted by Gasteiger charge is -2.08. The second-order valence-electron chi connectivity index (χ2n) is 4.24. The third-order valence-electron chi connectivity index (χ3n) is 2.87. The first-order chi connectivity index (χ1) is 9.43. The van der Waals surface area contributed by atoms with E-state index >= 15 is 0 Å². The van der Waals surface area contributed by atoms with Crippen LogP contribution in [0.5, 0.6) is 0 Å². The summed E-state index contributed by atoms with van der Waals surface area (Å²) in [5.41, 5.74) is 7.07. The molecule has 20 heavy (non-hydrogen) atoms. The molecule has 2 rings (SSSR count). The summed E-state index contributed by atoms with van der Waals surface area (Å²) >= 11 is 3.16. The number of amides is 1. The van der Waals surface area contributed by atoms with Crippen molar-refractivity contribution < 1.29 is 9.18 Å². The summed E-state index contributed by atoms with van der Waals surface area (Å²) < 4.78 is 15.8. The minimum Gasteiger partial charge on any atom is -0.395 e. The topological polar surface area (TPSA) is 72.9 Å². The van der Waals surface area contributed by atoms with Crippen LogP contribution in [0.1, 0.15) is 23.1 Å². The molecule has 0 aliphatic carbocycles. The molecule has 0 atom stereocenters. The number of nitrogens with two attached hydrogens (primary N) is 1. The van der Waals surface area contributed by atoms with E-state index in [0.717, 1.165) is 0 Å². The molecule has 106 valence electrons. The highest BCUT2D eigenvalue weighted by Crippen LogP contribution is 2.22. The SMILES string of the molecule is CCn1nc(C)c(N)c1C(=O)Nc1ccc(Br)cc1F. The Labute approximate surface area is 124 Å². The smallest absolute Gasteiger partial charge is 0.276 e. The first-order valence-corrected chi connectivity index (χ1v) is 6.82. The van der Waals surface area contributed by atoms with Crippen molar-refractivity contribution in [3.05, 3.63) is 39.9 Å². The van der Waals surface area contributed by atoms with Gasteiger partial charge in [-0.25, -0.2) is 4.39 Å². The summed E-state index contributed by atoms with van der Waals surface area (Å²) in [4.78, 5) is 12.2. The van der Waals surface area contributed by atoms with Crippen LogP contribution in [0.4, 0.5) is 15.8 Å². The maximum Gasteiger partial charge on any atom is 0.276 e. The predicted molar refractivity (Wildman–Crippen MR) is 79.1 cm³/mol. The van der Waals surface area contributed by atoms with Crippen LogP contribution in [-0.4, -0.2) is 15.7 Å². The van der Waals surface area contributed by atoms with Crippen molar-refractivity contribution in [2.24, 2.45) is 0 Å². The summed E-state index contributed by atoms with van der Waals surface area (Å²) in [6.07, 6.45) is 0. The van der Waals surface area contributed by atoms with Gasteiger partial charge in [-0.2, -0.15) is 5.10 Å². The lowest BCUT2D eigenvalue weighted by atomic mass is 10.2. The molecule has 0 saturated heterocycles. The van der Waals surface area contributed by atoms with Crippen LogP contribution in [-0.2, 0) is 6.54 Å². The van der Waals surface area contributed by atoms with Crippen molar-refractivity contribution in [3.8, 4) is 0 Å². The molecule has 0 bridgehead atoms. The molecule has 1 amide bonds. The van der Waals surface area contributed by atoms with Gasteiger partial charge in [0.25, 0.3) is 5.91 Å². The number of hydrogen-bond donors (Lipinski definition) is 2. The van der Waals surface area contributed by atoms with Crippen LogP contribution >= 0.6 is 15.9 Å². The van der Waals surface area contributed by atoms with E-state index < -0.39 is 11.7 Å². The van der Waals surface area contributed by atoms with E-state index in [-0.39, 0.29) is 11.4 Å². The number of hydrogen-bond acceptors (Lipinski definition) is 3. The van der Waals surface area contributed by atoms with Gasteiger partial charge in [0, 0.05) is 11.0 Å². The van der Waals surface area contributed by atoms with Crippen LogP contribution in [0.25, 0.3) is 0 Å². The number of rotatable bonds is 3. The molecule has 0 fully saturated rings. The monoisotopic (exact) mass is 340 g/mol. The van der Waals surface area contributed by atoms with Gasteiger partial charge < -0.3 is 11.1 Å². The normalized spacial score (nSPS) is 10.6. The van der Waals surface area contributed by atoms with Gasteiger partial charge in [-0.3, -0.25) is 9.48 Å². The van der Waals surface area contributed by atoms with E-state index in [0.29, 0.717) is 22.4 Å². The number of carbonyl (C=O) groups excluding carboxylic acids is 1. The van der Waals surface area contributed by atoms with Crippen LogP contribution in [0.15, 0.2) is 22.7 Å². The van der Waals surface area contributed by atoms with Crippen molar-refractivity contribution >= 4 is 33.2 Å². The lowest BCUT2D eigenvalue weighted by molar-refractivity contribution is 0.101. The van der Waals surface area contributed by atoms with Crippen LogP contribution in [0.2, 0.25) is 0 Å². The highest BCUT2D eigenvalue weighted by atomic mass is 79.9. The Hall–Kier alpha value is -1.89. The van der Waals surface area contributed by atoms with E-state index in [1.165, 1.54) is 16.8 Å². The van der Waals surface area contributed by atoms with E-state index in [4.69, 9.17) is 5.73 Å². The predicted octanol–water partition coefficient (Wildman–Crippen LogP) is 2.95. The second-order valence-corrected chi connectivity index (χ2v) is 5.16. The van der Waals surface area contributed by atoms with Crippen molar-refractivity contribution in [1.82, 2.24) is 9.78 Å². The summed E-state index contributed by atoms with van der Waals surface area (Å²) in [5.74, 6) is -1.00. The van der Waals surface area contributed by atoms with Crippen molar-refractivity contribution in [3.63, 3.8) is 0 Å². The number of nitrogen functional groups attached to an aromatic ring is 1. The third-order valence-corrected chi connectivity index (χ3v) is 3.36. The zero-order valence-corrected chi connectivity index (χ0v) is 12.7. The molecule has 5 nitrogen and oxygen atoms in total. The van der Waals surface area contributed by atoms with Gasteiger partial charge in [0.2, 0.25) is 0 Å². The van der Waals surface area contributed by atoms with Gasteiger partial charge in [0.05, 0.1) is 17.1 Å². The van der Waals surface area contributed by atoms with E-state index in [1.807, 2.05) is 6.92 Å². The maximum atomic E-state index is 13.7. The van der Waals surface area contributed by atoms with Crippen LogP contribution < -0.4 is 11.1 Å². The average Bonchev–Trinajstić information content (AvgIpc) is 2.68. The average molecular weight is 341 g/mol. The number of nitrogens with zero attached hydrogens (tertiary/aromatic N) is 2. The Balaban J connectivity index is 2.33. The maximum absolute atomic E-state index is 13.7. The van der Waals surface area contributed by atoms with Gasteiger partial charge in [0.15, 0.2) is 0 Å². The van der Waals surface area contributed by atoms with Gasteiger partial charge in [-0.15, -0.1) is 0 Å². The van der Waals surface area contributed by atoms with E-state index in [9.17, 15) is 9.18 Å². The first-order valence-electron chi connectivity index (χ1n) is 6.03. The molecule has 7 heteroatoms. The number of benzene rings is 1. The fraction of sp³-hybridized carbons (Fsp3) is 0.231. The number of aryl methyl sites for hydroxylation is 2. The number of carbonyl (C=O) groups is 1. The highest BCUT2D eigenvalue weighted by Gasteiger charge is 2.20. The zero-order valence-electron chi connectivity index (χ0n) is 11.1. The molecule has 1 aromatic heterocycles. The summed E-state index contributed by atoms with van der Waals surface area (Å²) in [5, 5.41) is 6.66. The molecule has 0 spiro atoms. The van der Waals surface area contributed by atoms with E-state index in [1.54, 1.807) is 13.0 Å². The number of halogens is 2. The second kappa shape index (κ2) is 5.62. The Morgan fingerprint density at radius 3 is 2.85 bits per heavy atom. The first kappa shape index (κ1) is 14.5. The molecule has 0 aliphatic heterocycles. The Morgan fingerprint density at radius 2 is 2.25 bits per heavy atom. The fourth-order valence-corrected chi connectivity index (χ4v) is 2.17. The number of nitrogens with one attached hydrogen (secondary N) is 1. The molecule has 1 heterocycles. The Morgan fingerprint density at radius 1 is 1.55 bits per heavy atom. The fourth-order valence-electron chi connectivity index (χ4n) is 1.84. The largest absolute Gasteiger partial charge is 0.395 e. The van der Waals surface area contributed by atoms with Crippen LogP contribution in [0.3, 0.4) is 0 Å². The molecular formula is C13H14BrFN4O. The Bertz CT molecular complexity index is 669. The van der Waals surface area contributed by atoms with Gasteiger partial charge in [-0.1, -0.05) is 15.9 Å². The highest BCUT2D eigenvalue weighted by molar-refractivity contribution is 9.10. The van der Waals surface area contributed by atoms with Crippen molar-refractivity contribution in [2.75, 3.05) is 11.1 Å². The van der Waals surface area contributed by atoms with Crippen molar-refractivity contribution in [1.29, 1.82) is 0 Å². The standard InChI is InChI=1S/C13H14BrFN4O/c1-3-19-12(11(16)7(2)18-19)13(20)17-10-5-4-8(14)6-9(10)15/h4-6H,3,16H2,1-2H3,(H,17,20). The molecule has 0 aliphatic rings. The zero-order chi connectivity index (χ0) is 14.9. The third kappa shape index (κ3) is 2.67. The minimum absolute atomic E-state index is 0.0964. The lowest BCUT2D eigenvalue weighted by Crippen LogP contribution is -2.19. The summed E-state index contributed by atoms with van der Waals surface area (Å²) in [7, 11) is 0. The summed E-state index contributed by atoms with van der Waals surface area (Å²) in [6, 6.07) is 4.40. The summed E-state index contributed by atoms with van der Waals surface area (Å²) in [6.45, 7) is 4.07. The van der Waals surface area contributed by atoms with Gasteiger partial charge >= 0.3 is 0 Å². The quantitative estimate of drug-likeness (QED) is 0.902. The van der Waals surface area contributed by atoms with Crippen LogP contribution in [0, 0.1) is 12.7 Å². The number of anilines is 2. The molecular weight excluding hydrogens is 327 g/mol. The molecule has 0 saturated carbocycles. The minimum atomic E-state index is -0.523. The van der Waals surface area contributed by atoms with Crippen molar-refractivity contribution in [2.45, 2.75) is 20.4 Å². The van der Waals surface area contributed by atoms with Gasteiger partial charge in [0.1, 0.15) is 11.5 Å². The molecule has 1 aromatic carbocycles. The van der Waals surface area contributed by atoms with E-state index in [2.05, 4.69) is 26.3 Å². The molecule has 0 radical (unpaired) electrons. The molecule has 2 aromatic rings. The molecule has 3 N–H and O–H groups in total. The number of aromatic nitrogens is 2. The Kier molecular flexibility index (Phi) is 4.08.